The SMILES string of the molecule is CCCCC(CC)NC(C)CO. The summed E-state index contributed by atoms with van der Waals surface area (Å²) in [6, 6.07) is 0.832. The van der Waals surface area contributed by atoms with Gasteiger partial charge in [-0.15, -0.1) is 0 Å². The van der Waals surface area contributed by atoms with Gasteiger partial charge in [-0.3, -0.25) is 0 Å². The van der Waals surface area contributed by atoms with Gasteiger partial charge in [0.05, 0.1) is 6.61 Å². The van der Waals surface area contributed by atoms with Crippen LogP contribution in [-0.2, 0) is 0 Å². The van der Waals surface area contributed by atoms with E-state index < -0.39 is 0 Å². The van der Waals surface area contributed by atoms with E-state index in [0.29, 0.717) is 6.04 Å². The van der Waals surface area contributed by atoms with Gasteiger partial charge >= 0.3 is 0 Å². The molecule has 2 heteroatoms. The molecule has 0 fully saturated rings. The van der Waals surface area contributed by atoms with Gasteiger partial charge in [-0.1, -0.05) is 26.7 Å². The minimum atomic E-state index is 0.239. The summed E-state index contributed by atoms with van der Waals surface area (Å²) in [6.07, 6.45) is 4.93. The molecule has 0 aromatic rings. The highest BCUT2D eigenvalue weighted by Gasteiger charge is 2.07. The van der Waals surface area contributed by atoms with E-state index in [-0.39, 0.29) is 12.6 Å². The molecule has 2 N–H and O–H groups in total. The zero-order valence-electron chi connectivity index (χ0n) is 8.64. The van der Waals surface area contributed by atoms with Crippen LogP contribution in [0.3, 0.4) is 0 Å². The Morgan fingerprint density at radius 2 is 2.00 bits per heavy atom. The molecule has 0 rings (SSSR count). The third-order valence-corrected chi connectivity index (χ3v) is 2.19. The predicted molar refractivity (Wildman–Crippen MR) is 53.3 cm³/mol. The number of rotatable bonds is 7. The van der Waals surface area contributed by atoms with E-state index in [4.69, 9.17) is 5.11 Å². The van der Waals surface area contributed by atoms with Gasteiger partial charge < -0.3 is 10.4 Å². The van der Waals surface area contributed by atoms with Crippen LogP contribution < -0.4 is 5.32 Å². The van der Waals surface area contributed by atoms with Crippen molar-refractivity contribution in [2.45, 2.75) is 58.5 Å². The normalized spacial score (nSPS) is 16.0. The molecule has 0 aliphatic rings. The first kappa shape index (κ1) is 11.9. The van der Waals surface area contributed by atoms with Crippen LogP contribution in [0.15, 0.2) is 0 Å². The van der Waals surface area contributed by atoms with E-state index in [0.717, 1.165) is 6.42 Å². The van der Waals surface area contributed by atoms with Gasteiger partial charge in [0.15, 0.2) is 0 Å². The molecule has 0 heterocycles. The van der Waals surface area contributed by atoms with E-state index in [9.17, 15) is 0 Å². The molecule has 0 saturated carbocycles. The van der Waals surface area contributed by atoms with Crippen molar-refractivity contribution in [3.8, 4) is 0 Å². The number of nitrogens with one attached hydrogen (secondary N) is 1. The van der Waals surface area contributed by atoms with Crippen molar-refractivity contribution in [1.29, 1.82) is 0 Å². The molecule has 0 spiro atoms. The first-order chi connectivity index (χ1) is 5.74. The summed E-state index contributed by atoms with van der Waals surface area (Å²) in [5.41, 5.74) is 0. The lowest BCUT2D eigenvalue weighted by atomic mass is 10.1. The van der Waals surface area contributed by atoms with Crippen molar-refractivity contribution >= 4 is 0 Å². The minimum Gasteiger partial charge on any atom is -0.395 e. The Morgan fingerprint density at radius 3 is 2.42 bits per heavy atom. The van der Waals surface area contributed by atoms with Crippen LogP contribution in [0.1, 0.15) is 46.5 Å². The van der Waals surface area contributed by atoms with Gasteiger partial charge in [0.1, 0.15) is 0 Å². The summed E-state index contributed by atoms with van der Waals surface area (Å²) < 4.78 is 0. The minimum absolute atomic E-state index is 0.239. The topological polar surface area (TPSA) is 32.3 Å². The second-order valence-electron chi connectivity index (χ2n) is 3.50. The monoisotopic (exact) mass is 173 g/mol. The Morgan fingerprint density at radius 1 is 1.33 bits per heavy atom. The number of unbranched alkanes of at least 4 members (excludes halogenated alkanes) is 1. The first-order valence-corrected chi connectivity index (χ1v) is 5.11. The number of hydrogen-bond donors (Lipinski definition) is 2. The maximum Gasteiger partial charge on any atom is 0.0582 e. The first-order valence-electron chi connectivity index (χ1n) is 5.11. The fourth-order valence-electron chi connectivity index (χ4n) is 1.31. The molecule has 0 aliphatic heterocycles. The smallest absolute Gasteiger partial charge is 0.0582 e. The van der Waals surface area contributed by atoms with Crippen LogP contribution >= 0.6 is 0 Å². The number of hydrogen-bond acceptors (Lipinski definition) is 2. The van der Waals surface area contributed by atoms with Crippen LogP contribution in [0.5, 0.6) is 0 Å². The van der Waals surface area contributed by atoms with Crippen LogP contribution in [0.4, 0.5) is 0 Å². The lowest BCUT2D eigenvalue weighted by Crippen LogP contribution is -2.38. The molecular formula is C10H23NO. The van der Waals surface area contributed by atoms with Gasteiger partial charge in [-0.05, 0) is 19.8 Å². The van der Waals surface area contributed by atoms with Gasteiger partial charge in [-0.25, -0.2) is 0 Å². The molecule has 0 aliphatic carbocycles. The number of aliphatic hydroxyl groups excluding tert-OH is 1. The van der Waals surface area contributed by atoms with Gasteiger partial charge in [0, 0.05) is 12.1 Å². The van der Waals surface area contributed by atoms with Crippen molar-refractivity contribution in [1.82, 2.24) is 5.32 Å². The summed E-state index contributed by atoms with van der Waals surface area (Å²) in [7, 11) is 0. The fourth-order valence-corrected chi connectivity index (χ4v) is 1.31. The molecule has 0 amide bonds. The molecule has 0 bridgehead atoms. The Bertz CT molecular complexity index is 95.8. The summed E-state index contributed by atoms with van der Waals surface area (Å²) in [4.78, 5) is 0. The average molecular weight is 173 g/mol. The Hall–Kier alpha value is -0.0800. The van der Waals surface area contributed by atoms with Gasteiger partial charge in [0.2, 0.25) is 0 Å². The summed E-state index contributed by atoms with van der Waals surface area (Å²) >= 11 is 0. The molecule has 2 unspecified atom stereocenters. The maximum atomic E-state index is 8.84. The van der Waals surface area contributed by atoms with Crippen molar-refractivity contribution in [3.63, 3.8) is 0 Å². The molecule has 12 heavy (non-hydrogen) atoms. The maximum absolute atomic E-state index is 8.84. The fraction of sp³-hybridized carbons (Fsp3) is 1.00. The average Bonchev–Trinajstić information content (AvgIpc) is 2.11. The molecule has 0 radical (unpaired) electrons. The Labute approximate surface area is 76.4 Å². The van der Waals surface area contributed by atoms with Crippen molar-refractivity contribution in [3.05, 3.63) is 0 Å². The molecule has 74 valence electrons. The molecule has 2 atom stereocenters. The molecule has 0 aromatic carbocycles. The largest absolute Gasteiger partial charge is 0.395 e. The van der Waals surface area contributed by atoms with Crippen LogP contribution in [-0.4, -0.2) is 23.8 Å². The Kier molecular flexibility index (Phi) is 7.51. The zero-order valence-corrected chi connectivity index (χ0v) is 8.64. The van der Waals surface area contributed by atoms with E-state index in [2.05, 4.69) is 19.2 Å². The van der Waals surface area contributed by atoms with Crippen LogP contribution in [0.25, 0.3) is 0 Å². The highest BCUT2D eigenvalue weighted by Crippen LogP contribution is 2.04. The predicted octanol–water partition coefficient (Wildman–Crippen LogP) is 1.93. The lowest BCUT2D eigenvalue weighted by Gasteiger charge is -2.20. The van der Waals surface area contributed by atoms with Crippen molar-refractivity contribution in [2.75, 3.05) is 6.61 Å². The van der Waals surface area contributed by atoms with Crippen molar-refractivity contribution < 1.29 is 5.11 Å². The standard InChI is InChI=1S/C10H23NO/c1-4-6-7-10(5-2)11-9(3)8-12/h9-12H,4-8H2,1-3H3. The van der Waals surface area contributed by atoms with Crippen molar-refractivity contribution in [2.24, 2.45) is 0 Å². The second-order valence-corrected chi connectivity index (χ2v) is 3.50. The summed E-state index contributed by atoms with van der Waals surface area (Å²) in [6.45, 7) is 6.66. The molecule has 2 nitrogen and oxygen atoms in total. The lowest BCUT2D eigenvalue weighted by molar-refractivity contribution is 0.236. The van der Waals surface area contributed by atoms with Crippen LogP contribution in [0, 0.1) is 0 Å². The second kappa shape index (κ2) is 7.56. The quantitative estimate of drug-likeness (QED) is 0.616. The molecular weight excluding hydrogens is 150 g/mol. The third kappa shape index (κ3) is 5.56. The van der Waals surface area contributed by atoms with Gasteiger partial charge in [-0.2, -0.15) is 0 Å². The third-order valence-electron chi connectivity index (χ3n) is 2.19. The highest BCUT2D eigenvalue weighted by molar-refractivity contribution is 4.69. The van der Waals surface area contributed by atoms with E-state index in [1.54, 1.807) is 0 Å². The van der Waals surface area contributed by atoms with E-state index >= 15 is 0 Å². The molecule has 0 saturated heterocycles. The number of aliphatic hydroxyl groups is 1. The molecule has 0 aromatic heterocycles. The van der Waals surface area contributed by atoms with Crippen LogP contribution in [0.2, 0.25) is 0 Å². The van der Waals surface area contributed by atoms with E-state index in [1.807, 2.05) is 6.92 Å². The highest BCUT2D eigenvalue weighted by atomic mass is 16.3. The van der Waals surface area contributed by atoms with E-state index in [1.165, 1.54) is 19.3 Å². The summed E-state index contributed by atoms with van der Waals surface area (Å²) in [5.74, 6) is 0. The Balaban J connectivity index is 3.51. The van der Waals surface area contributed by atoms with Gasteiger partial charge in [0.25, 0.3) is 0 Å². The zero-order chi connectivity index (χ0) is 9.40. The summed E-state index contributed by atoms with van der Waals surface area (Å²) in [5, 5.41) is 12.2.